The summed E-state index contributed by atoms with van der Waals surface area (Å²) in [5.74, 6) is 0. The van der Waals surface area contributed by atoms with Gasteiger partial charge < -0.3 is 7.67 Å². The highest BCUT2D eigenvalue weighted by Gasteiger charge is 2.43. The summed E-state index contributed by atoms with van der Waals surface area (Å²) in [5, 5.41) is 0. The maximum atomic E-state index is 5.64. The van der Waals surface area contributed by atoms with Crippen LogP contribution < -0.4 is 0 Å². The second-order valence-corrected chi connectivity index (χ2v) is 4.90. The lowest BCUT2D eigenvalue weighted by atomic mass is 9.85. The molecular formula is C10H10AlNO. The quantitative estimate of drug-likeness (QED) is 0.522. The first-order valence-electron chi connectivity index (χ1n) is 4.51. The zero-order chi connectivity index (χ0) is 8.73. The Morgan fingerprint density at radius 3 is 3.38 bits per heavy atom. The summed E-state index contributed by atoms with van der Waals surface area (Å²) >= 11 is -0.504. The van der Waals surface area contributed by atoms with Crippen molar-refractivity contribution in [3.63, 3.8) is 0 Å². The summed E-state index contributed by atoms with van der Waals surface area (Å²) in [5.41, 5.74) is 1.43. The largest absolute Gasteiger partial charge is 0.599 e. The number of rotatable bonds is 0. The molecule has 1 fully saturated rings. The standard InChI is InChI=1S/C10H9NO.Al.H/c12-8-10-6-2-1-4-9(10)5-3-7-11-10;;/h1-7H,8H2;;/q-2;+2;. The van der Waals surface area contributed by atoms with Crippen LogP contribution in [0.15, 0.2) is 48.2 Å². The van der Waals surface area contributed by atoms with E-state index < -0.39 is 15.8 Å². The van der Waals surface area contributed by atoms with Crippen LogP contribution in [0.25, 0.3) is 0 Å². The molecule has 1 atom stereocenters. The van der Waals surface area contributed by atoms with Gasteiger partial charge in [-0.25, -0.2) is 0 Å². The number of nitrogens with zero attached hydrogens (tertiary/aromatic N) is 1. The van der Waals surface area contributed by atoms with Crippen molar-refractivity contribution in [1.29, 1.82) is 0 Å². The third kappa shape index (κ3) is 0.926. The molecule has 2 aliphatic heterocycles. The Hall–Kier alpha value is -0.748. The highest BCUT2D eigenvalue weighted by molar-refractivity contribution is 6.26. The normalized spacial score (nSPS) is 33.8. The van der Waals surface area contributed by atoms with Crippen molar-refractivity contribution in [2.45, 2.75) is 5.54 Å². The van der Waals surface area contributed by atoms with Crippen molar-refractivity contribution in [2.24, 2.45) is 0 Å². The molecule has 1 spiro atoms. The lowest BCUT2D eigenvalue weighted by Crippen LogP contribution is -2.45. The predicted molar refractivity (Wildman–Crippen MR) is 53.2 cm³/mol. The molecule has 1 aliphatic carbocycles. The Balaban J connectivity index is 2.15. The van der Waals surface area contributed by atoms with Crippen LogP contribution >= 0.6 is 0 Å². The van der Waals surface area contributed by atoms with E-state index in [1.165, 1.54) is 5.57 Å². The zero-order valence-corrected chi connectivity index (χ0v) is 8.73. The van der Waals surface area contributed by atoms with Crippen LogP contribution in [0.1, 0.15) is 0 Å². The molecule has 13 heavy (non-hydrogen) atoms. The van der Waals surface area contributed by atoms with Crippen LogP contribution in [-0.4, -0.2) is 31.8 Å². The lowest BCUT2D eigenvalue weighted by molar-refractivity contribution is 0.303. The smallest absolute Gasteiger partial charge is 0.484 e. The van der Waals surface area contributed by atoms with Gasteiger partial charge in [-0.1, -0.05) is 30.4 Å². The molecule has 0 aromatic rings. The van der Waals surface area contributed by atoms with Crippen LogP contribution in [0.4, 0.5) is 0 Å². The van der Waals surface area contributed by atoms with Gasteiger partial charge >= 0.3 is 15.8 Å². The van der Waals surface area contributed by atoms with Crippen LogP contribution in [0, 0.1) is 0 Å². The first kappa shape index (κ1) is 7.64. The molecule has 2 heterocycles. The fraction of sp³-hybridized carbons (Fsp3) is 0.200. The third-order valence-corrected chi connectivity index (χ3v) is 4.31. The van der Waals surface area contributed by atoms with Gasteiger partial charge in [-0.3, -0.25) is 0 Å². The Bertz CT molecular complexity index is 356. The molecule has 3 aliphatic rings. The Labute approximate surface area is 84.1 Å². The summed E-state index contributed by atoms with van der Waals surface area (Å²) in [7, 11) is 0. The van der Waals surface area contributed by atoms with E-state index in [1.807, 2.05) is 0 Å². The molecule has 64 valence electrons. The van der Waals surface area contributed by atoms with Gasteiger partial charge in [-0.05, 0) is 17.8 Å². The average molecular weight is 187 g/mol. The molecule has 0 radical (unpaired) electrons. The first-order chi connectivity index (χ1) is 6.42. The summed E-state index contributed by atoms with van der Waals surface area (Å²) in [4.78, 5) is 0. The van der Waals surface area contributed by atoms with Gasteiger partial charge in [-0.2, -0.15) is 0 Å². The zero-order valence-electron chi connectivity index (χ0n) is 7.31. The number of hydrogen-bond donors (Lipinski definition) is 0. The number of hydrogen-bond acceptors (Lipinski definition) is 2. The molecule has 2 nitrogen and oxygen atoms in total. The second kappa shape index (κ2) is 2.62. The average Bonchev–Trinajstić information content (AvgIpc) is 2.58. The van der Waals surface area contributed by atoms with Crippen LogP contribution in [0.2, 0.25) is 0 Å². The summed E-state index contributed by atoms with van der Waals surface area (Å²) in [6.45, 7) is 0.830. The van der Waals surface area contributed by atoms with Crippen LogP contribution in [0.3, 0.4) is 0 Å². The lowest BCUT2D eigenvalue weighted by Gasteiger charge is -2.39. The second-order valence-electron chi connectivity index (χ2n) is 3.55. The summed E-state index contributed by atoms with van der Waals surface area (Å²) < 4.78 is 8.02. The van der Waals surface area contributed by atoms with E-state index in [9.17, 15) is 0 Å². The van der Waals surface area contributed by atoms with Crippen molar-refractivity contribution in [3.8, 4) is 0 Å². The monoisotopic (exact) mass is 187 g/mol. The Morgan fingerprint density at radius 1 is 1.38 bits per heavy atom. The van der Waals surface area contributed by atoms with Crippen molar-refractivity contribution in [2.75, 3.05) is 6.61 Å². The molecule has 0 N–H and O–H groups in total. The number of allylic oxidation sites excluding steroid dienone is 4. The molecule has 0 amide bonds. The van der Waals surface area contributed by atoms with Crippen LogP contribution in [-0.2, 0) is 3.79 Å². The van der Waals surface area contributed by atoms with E-state index in [2.05, 4.69) is 46.5 Å². The molecule has 3 heteroatoms. The summed E-state index contributed by atoms with van der Waals surface area (Å²) in [6, 6.07) is 0. The van der Waals surface area contributed by atoms with Gasteiger partial charge in [0, 0.05) is 6.61 Å². The molecular weight excluding hydrogens is 177 g/mol. The van der Waals surface area contributed by atoms with Crippen molar-refractivity contribution in [3.05, 3.63) is 48.2 Å². The van der Waals surface area contributed by atoms with Gasteiger partial charge in [0.1, 0.15) is 0 Å². The maximum Gasteiger partial charge on any atom is 0.599 e. The summed E-state index contributed by atoms with van der Waals surface area (Å²) in [6.07, 6.45) is 15.1. The fourth-order valence-corrected chi connectivity index (χ4v) is 3.55. The predicted octanol–water partition coefficient (Wildman–Crippen LogP) is 0.904. The maximum absolute atomic E-state index is 5.64. The fourth-order valence-electron chi connectivity index (χ4n) is 2.13. The molecule has 1 unspecified atom stereocenters. The minimum atomic E-state index is -0.504. The van der Waals surface area contributed by atoms with Crippen molar-refractivity contribution < 1.29 is 3.79 Å². The molecule has 0 bridgehead atoms. The first-order valence-corrected chi connectivity index (χ1v) is 5.72. The van der Waals surface area contributed by atoms with Crippen molar-refractivity contribution >= 4 is 15.8 Å². The molecule has 0 aromatic heterocycles. The Morgan fingerprint density at radius 2 is 2.38 bits per heavy atom. The highest BCUT2D eigenvalue weighted by atomic mass is 27.1. The van der Waals surface area contributed by atoms with Gasteiger partial charge in [0.05, 0.1) is 5.54 Å². The van der Waals surface area contributed by atoms with E-state index in [4.69, 9.17) is 3.79 Å². The van der Waals surface area contributed by atoms with E-state index >= 15 is 0 Å². The van der Waals surface area contributed by atoms with E-state index in [1.54, 1.807) is 0 Å². The molecule has 0 saturated carbocycles. The van der Waals surface area contributed by atoms with Gasteiger partial charge in [0.2, 0.25) is 0 Å². The topological polar surface area (TPSA) is 12.5 Å². The Kier molecular flexibility index (Phi) is 1.54. The van der Waals surface area contributed by atoms with E-state index in [-0.39, 0.29) is 5.54 Å². The van der Waals surface area contributed by atoms with E-state index in [0.29, 0.717) is 0 Å². The SMILES string of the molecule is C1=CC2=CC=C[N]3[AlH][O]CC23C=C1. The molecule has 0 aromatic carbocycles. The highest BCUT2D eigenvalue weighted by Crippen LogP contribution is 2.36. The van der Waals surface area contributed by atoms with Gasteiger partial charge in [0.15, 0.2) is 0 Å². The third-order valence-electron chi connectivity index (χ3n) is 2.87. The van der Waals surface area contributed by atoms with Crippen molar-refractivity contribution in [1.82, 2.24) is 3.88 Å². The van der Waals surface area contributed by atoms with Gasteiger partial charge in [-0.15, -0.1) is 0 Å². The van der Waals surface area contributed by atoms with Crippen LogP contribution in [0.5, 0.6) is 0 Å². The molecule has 3 rings (SSSR count). The van der Waals surface area contributed by atoms with E-state index in [0.717, 1.165) is 6.61 Å². The molecule has 1 saturated heterocycles. The minimum absolute atomic E-state index is 0.0652. The van der Waals surface area contributed by atoms with Gasteiger partial charge in [0.25, 0.3) is 0 Å². The minimum Gasteiger partial charge on any atom is -0.484 e.